The third kappa shape index (κ3) is 9.53. The van der Waals surface area contributed by atoms with E-state index in [1.807, 2.05) is 67.8 Å². The molecule has 0 saturated carbocycles. The molecule has 0 radical (unpaired) electrons. The molecule has 2 fully saturated rings. The van der Waals surface area contributed by atoms with E-state index in [1.165, 1.54) is 12.0 Å². The number of ether oxygens (including phenoxy) is 1. The Balaban J connectivity index is 1.04. The second-order valence-electron chi connectivity index (χ2n) is 16.6. The zero-order chi connectivity index (χ0) is 38.5. The number of carbonyl (C=O) groups excluding carboxylic acids is 1. The molecule has 3 N–H and O–H groups in total. The number of nitrogens with one attached hydrogen (secondary N) is 3. The molecule has 4 heterocycles. The lowest BCUT2D eigenvalue weighted by Gasteiger charge is -2.33. The minimum Gasteiger partial charge on any atom is -0.484 e. The summed E-state index contributed by atoms with van der Waals surface area (Å²) in [6, 6.07) is 20.3. The third-order valence-corrected chi connectivity index (χ3v) is 11.4. The molecule has 1 aliphatic carbocycles. The summed E-state index contributed by atoms with van der Waals surface area (Å²) in [6.45, 7) is 14.7. The lowest BCUT2D eigenvalue weighted by molar-refractivity contribution is 0.155. The Morgan fingerprint density at radius 3 is 2.53 bits per heavy atom. The molecule has 7 rings (SSSR count). The first-order chi connectivity index (χ1) is 26.5. The number of hydrogen-bond acceptors (Lipinski definition) is 9. The maximum absolute atomic E-state index is 13.7. The summed E-state index contributed by atoms with van der Waals surface area (Å²) >= 11 is 0. The number of fused-ring (bicyclic) bond motifs is 2. The highest BCUT2D eigenvalue weighted by molar-refractivity contribution is 6.09. The van der Waals surface area contributed by atoms with Crippen molar-refractivity contribution in [2.45, 2.75) is 90.8 Å². The van der Waals surface area contributed by atoms with Crippen molar-refractivity contribution in [3.8, 4) is 5.75 Å². The SMILES string of the molecule is CC1CCCCN1c1nnc2ccc(OC3CCC(NC(=O)NC(CC(=N)C(C)(C)C)=Nc4cccc(CCN5CCN(C)CC5)c4)c4ccccc43)cn12. The molecule has 12 nitrogen and oxygen atoms in total. The Morgan fingerprint density at radius 1 is 0.945 bits per heavy atom. The van der Waals surface area contributed by atoms with Gasteiger partial charge >= 0.3 is 6.03 Å². The summed E-state index contributed by atoms with van der Waals surface area (Å²) in [5.74, 6) is 2.08. The van der Waals surface area contributed by atoms with Crippen LogP contribution in [0.5, 0.6) is 5.75 Å². The van der Waals surface area contributed by atoms with Gasteiger partial charge in [0, 0.05) is 57.4 Å². The van der Waals surface area contributed by atoms with Gasteiger partial charge in [0.05, 0.1) is 17.9 Å². The van der Waals surface area contributed by atoms with Gasteiger partial charge in [-0.2, -0.15) is 0 Å². The summed E-state index contributed by atoms with van der Waals surface area (Å²) in [4.78, 5) is 25.9. The van der Waals surface area contributed by atoms with Crippen molar-refractivity contribution < 1.29 is 9.53 Å². The Labute approximate surface area is 325 Å². The van der Waals surface area contributed by atoms with Crippen LogP contribution in [0.1, 0.15) is 95.1 Å². The van der Waals surface area contributed by atoms with Crippen molar-refractivity contribution in [3.63, 3.8) is 0 Å². The average Bonchev–Trinajstić information content (AvgIpc) is 3.58. The van der Waals surface area contributed by atoms with Crippen LogP contribution < -0.4 is 20.3 Å². The number of nitrogens with zero attached hydrogens (tertiary/aromatic N) is 7. The number of piperazine rings is 1. The summed E-state index contributed by atoms with van der Waals surface area (Å²) in [5, 5.41) is 24.1. The van der Waals surface area contributed by atoms with E-state index in [1.54, 1.807) is 0 Å². The second kappa shape index (κ2) is 16.9. The fourth-order valence-corrected chi connectivity index (χ4v) is 7.87. The molecule has 2 saturated heterocycles. The Hall–Kier alpha value is -4.81. The van der Waals surface area contributed by atoms with E-state index in [0.29, 0.717) is 24.0 Å². The number of benzene rings is 2. The van der Waals surface area contributed by atoms with Crippen molar-refractivity contribution in [2.75, 3.05) is 51.2 Å². The third-order valence-electron chi connectivity index (χ3n) is 11.4. The van der Waals surface area contributed by atoms with Crippen LogP contribution in [0.15, 0.2) is 71.9 Å². The zero-order valence-corrected chi connectivity index (χ0v) is 33.2. The minimum absolute atomic E-state index is 0.170. The highest BCUT2D eigenvalue weighted by Crippen LogP contribution is 2.39. The Kier molecular flexibility index (Phi) is 11.8. The number of aliphatic imine (C=N–C) groups is 1. The van der Waals surface area contributed by atoms with E-state index in [9.17, 15) is 4.79 Å². The van der Waals surface area contributed by atoms with E-state index in [2.05, 4.69) is 73.8 Å². The number of urea groups is 1. The number of amidine groups is 1. The molecule has 12 heteroatoms. The minimum atomic E-state index is -0.354. The van der Waals surface area contributed by atoms with Crippen molar-refractivity contribution >= 4 is 34.9 Å². The Bertz CT molecular complexity index is 1990. The summed E-state index contributed by atoms with van der Waals surface area (Å²) in [5.41, 5.74) is 5.03. The van der Waals surface area contributed by atoms with Gasteiger partial charge in [-0.15, -0.1) is 10.2 Å². The van der Waals surface area contributed by atoms with Gasteiger partial charge in [0.25, 0.3) is 0 Å². The van der Waals surface area contributed by atoms with Crippen LogP contribution in [0, 0.1) is 10.8 Å². The molecular formula is C43H58N10O2. The highest BCUT2D eigenvalue weighted by atomic mass is 16.5. The number of rotatable bonds is 10. The van der Waals surface area contributed by atoms with Crippen molar-refractivity contribution in [1.82, 2.24) is 35.0 Å². The summed E-state index contributed by atoms with van der Waals surface area (Å²) < 4.78 is 8.73. The maximum atomic E-state index is 13.7. The standard InChI is InChI=1S/C43H58N10O2/c1-30-11-8-9-21-52(30)42-49-48-40-19-16-33(29-53(40)42)55-37-18-17-36(34-14-6-7-15-35(34)37)46-41(54)47-39(28-38(44)43(2,3)4)45-32-13-10-12-31(27-32)20-22-51-25-23-50(5)24-26-51/h6-7,10,12-16,19,27,29-30,36-37,44H,8-9,11,17-18,20-26,28H2,1-5H3,(H2,45,46,47,54). The van der Waals surface area contributed by atoms with E-state index >= 15 is 0 Å². The molecular weight excluding hydrogens is 689 g/mol. The number of likely N-dealkylation sites (N-methyl/N-ethyl adjacent to an activating group) is 1. The zero-order valence-electron chi connectivity index (χ0n) is 33.2. The first-order valence-electron chi connectivity index (χ1n) is 20.1. The molecule has 4 aromatic rings. The summed E-state index contributed by atoms with van der Waals surface area (Å²) in [7, 11) is 2.18. The van der Waals surface area contributed by atoms with Crippen LogP contribution in [0.25, 0.3) is 5.65 Å². The first-order valence-corrected chi connectivity index (χ1v) is 20.1. The number of anilines is 1. The molecule has 0 spiro atoms. The second-order valence-corrected chi connectivity index (χ2v) is 16.6. The van der Waals surface area contributed by atoms with Gasteiger partial charge in [-0.05, 0) is 98.9 Å². The smallest absolute Gasteiger partial charge is 0.320 e. The molecule has 0 bridgehead atoms. The van der Waals surface area contributed by atoms with Crippen LogP contribution >= 0.6 is 0 Å². The van der Waals surface area contributed by atoms with Crippen LogP contribution in [0.4, 0.5) is 16.4 Å². The molecule has 2 aromatic carbocycles. The van der Waals surface area contributed by atoms with Crippen LogP contribution in [0.2, 0.25) is 0 Å². The fourth-order valence-electron chi connectivity index (χ4n) is 7.87. The van der Waals surface area contributed by atoms with Crippen LogP contribution in [0.3, 0.4) is 0 Å². The van der Waals surface area contributed by atoms with Crippen molar-refractivity contribution in [3.05, 3.63) is 83.6 Å². The first kappa shape index (κ1) is 38.5. The molecule has 2 aliphatic heterocycles. The predicted molar refractivity (Wildman–Crippen MR) is 220 cm³/mol. The van der Waals surface area contributed by atoms with Crippen LogP contribution in [-0.4, -0.2) is 94.3 Å². The number of aromatic nitrogens is 3. The Morgan fingerprint density at radius 2 is 1.75 bits per heavy atom. The molecule has 2 aromatic heterocycles. The van der Waals surface area contributed by atoms with Gasteiger partial charge < -0.3 is 30.2 Å². The van der Waals surface area contributed by atoms with Crippen LogP contribution in [-0.2, 0) is 6.42 Å². The van der Waals surface area contributed by atoms with Gasteiger partial charge in [-0.25, -0.2) is 9.79 Å². The number of piperidine rings is 1. The molecule has 2 amide bonds. The van der Waals surface area contributed by atoms with E-state index in [4.69, 9.17) is 15.1 Å². The average molecular weight is 747 g/mol. The number of carbonyl (C=O) groups is 1. The van der Waals surface area contributed by atoms with Gasteiger partial charge in [-0.3, -0.25) is 9.72 Å². The molecule has 3 atom stereocenters. The lowest BCUT2D eigenvalue weighted by atomic mass is 9.85. The topological polar surface area (TPSA) is 126 Å². The van der Waals surface area contributed by atoms with Gasteiger partial charge in [0.1, 0.15) is 17.7 Å². The van der Waals surface area contributed by atoms with E-state index in [0.717, 1.165) is 99.1 Å². The van der Waals surface area contributed by atoms with Gasteiger partial charge in [0.2, 0.25) is 5.95 Å². The summed E-state index contributed by atoms with van der Waals surface area (Å²) in [6.07, 6.45) is 8.00. The highest BCUT2D eigenvalue weighted by Gasteiger charge is 2.30. The fraction of sp³-hybridized carbons (Fsp3) is 0.512. The predicted octanol–water partition coefficient (Wildman–Crippen LogP) is 7.34. The molecule has 3 unspecified atom stereocenters. The normalized spacial score (nSPS) is 21.3. The number of amides is 2. The van der Waals surface area contributed by atoms with Gasteiger partial charge in [-0.1, -0.05) is 57.2 Å². The quantitative estimate of drug-likeness (QED) is 0.115. The van der Waals surface area contributed by atoms with Crippen molar-refractivity contribution in [2.24, 2.45) is 10.4 Å². The molecule has 3 aliphatic rings. The van der Waals surface area contributed by atoms with E-state index < -0.39 is 0 Å². The van der Waals surface area contributed by atoms with E-state index in [-0.39, 0.29) is 30.0 Å². The lowest BCUT2D eigenvalue weighted by Crippen LogP contribution is -2.45. The largest absolute Gasteiger partial charge is 0.484 e. The maximum Gasteiger partial charge on any atom is 0.320 e. The monoisotopic (exact) mass is 746 g/mol. The number of hydrogen-bond donors (Lipinski definition) is 3. The number of pyridine rings is 1. The van der Waals surface area contributed by atoms with Gasteiger partial charge in [0.15, 0.2) is 5.65 Å². The van der Waals surface area contributed by atoms with Crippen molar-refractivity contribution in [1.29, 1.82) is 5.41 Å². The molecule has 292 valence electrons. The molecule has 55 heavy (non-hydrogen) atoms.